The Balaban J connectivity index is 2.11. The van der Waals surface area contributed by atoms with Crippen LogP contribution in [0.3, 0.4) is 0 Å². The summed E-state index contributed by atoms with van der Waals surface area (Å²) in [6.45, 7) is 0.113. The number of fused-ring (bicyclic) bond motifs is 3. The molecule has 0 saturated heterocycles. The van der Waals surface area contributed by atoms with Gasteiger partial charge in [-0.3, -0.25) is 4.90 Å². The highest BCUT2D eigenvalue weighted by Crippen LogP contribution is 2.35. The molecule has 0 N–H and O–H groups in total. The van der Waals surface area contributed by atoms with E-state index in [9.17, 15) is 10.1 Å². The summed E-state index contributed by atoms with van der Waals surface area (Å²) in [5.74, 6) is 0.219. The maximum absolute atomic E-state index is 12.3. The Morgan fingerprint density at radius 2 is 2.14 bits per heavy atom. The summed E-state index contributed by atoms with van der Waals surface area (Å²) < 4.78 is 5.10. The van der Waals surface area contributed by atoms with Crippen molar-refractivity contribution in [2.45, 2.75) is 6.04 Å². The first kappa shape index (κ1) is 14.4. The SMILES string of the molecule is N#CC1C=Cc2c(ccc3ccccc23)N1C(=O)OCCCl. The van der Waals surface area contributed by atoms with Crippen molar-refractivity contribution in [3.05, 3.63) is 48.0 Å². The van der Waals surface area contributed by atoms with Crippen molar-refractivity contribution in [3.8, 4) is 6.07 Å². The van der Waals surface area contributed by atoms with Crippen molar-refractivity contribution >= 4 is 40.2 Å². The summed E-state index contributed by atoms with van der Waals surface area (Å²) in [5.41, 5.74) is 1.58. The number of carbonyl (C=O) groups excluding carboxylic acids is 1. The molecule has 1 aliphatic heterocycles. The zero-order valence-electron chi connectivity index (χ0n) is 11.7. The van der Waals surface area contributed by atoms with Crippen molar-refractivity contribution in [2.24, 2.45) is 0 Å². The van der Waals surface area contributed by atoms with Gasteiger partial charge in [-0.05, 0) is 22.9 Å². The van der Waals surface area contributed by atoms with Crippen LogP contribution in [0.25, 0.3) is 16.8 Å². The number of hydrogen-bond acceptors (Lipinski definition) is 3. The minimum absolute atomic E-state index is 0.113. The summed E-state index contributed by atoms with van der Waals surface area (Å²) in [6.07, 6.45) is 3.03. The topological polar surface area (TPSA) is 53.3 Å². The number of nitrogens with zero attached hydrogens (tertiary/aromatic N) is 2. The molecule has 5 heteroatoms. The van der Waals surface area contributed by atoms with Gasteiger partial charge in [0.05, 0.1) is 17.6 Å². The zero-order valence-corrected chi connectivity index (χ0v) is 12.5. The van der Waals surface area contributed by atoms with Crippen LogP contribution in [0.15, 0.2) is 42.5 Å². The molecular weight excluding hydrogens is 300 g/mol. The zero-order chi connectivity index (χ0) is 15.5. The molecule has 1 heterocycles. The first-order valence-corrected chi connectivity index (χ1v) is 7.41. The van der Waals surface area contributed by atoms with E-state index in [0.29, 0.717) is 5.69 Å². The van der Waals surface area contributed by atoms with E-state index in [1.807, 2.05) is 42.5 Å². The van der Waals surface area contributed by atoms with E-state index in [0.717, 1.165) is 16.3 Å². The Kier molecular flexibility index (Phi) is 3.99. The maximum atomic E-state index is 12.3. The third-order valence-electron chi connectivity index (χ3n) is 3.56. The molecule has 2 aromatic carbocycles. The first-order chi connectivity index (χ1) is 10.8. The van der Waals surface area contributed by atoms with E-state index in [1.54, 1.807) is 6.08 Å². The fourth-order valence-corrected chi connectivity index (χ4v) is 2.68. The second-order valence-electron chi connectivity index (χ2n) is 4.83. The van der Waals surface area contributed by atoms with E-state index in [-0.39, 0.29) is 12.5 Å². The van der Waals surface area contributed by atoms with Crippen LogP contribution in [0.2, 0.25) is 0 Å². The summed E-state index contributed by atoms with van der Waals surface area (Å²) in [5, 5.41) is 11.4. The van der Waals surface area contributed by atoms with Crippen LogP contribution < -0.4 is 4.90 Å². The minimum atomic E-state index is -0.684. The van der Waals surface area contributed by atoms with Gasteiger partial charge in [-0.25, -0.2) is 4.79 Å². The Morgan fingerprint density at radius 3 is 2.91 bits per heavy atom. The van der Waals surface area contributed by atoms with E-state index < -0.39 is 12.1 Å². The molecule has 0 fully saturated rings. The quantitative estimate of drug-likeness (QED) is 0.789. The van der Waals surface area contributed by atoms with Gasteiger partial charge in [0, 0.05) is 5.56 Å². The molecule has 110 valence electrons. The van der Waals surface area contributed by atoms with Gasteiger partial charge >= 0.3 is 6.09 Å². The smallest absolute Gasteiger partial charge is 0.415 e. The van der Waals surface area contributed by atoms with Crippen molar-refractivity contribution in [3.63, 3.8) is 0 Å². The highest BCUT2D eigenvalue weighted by molar-refractivity contribution is 6.18. The van der Waals surface area contributed by atoms with Crippen molar-refractivity contribution < 1.29 is 9.53 Å². The lowest BCUT2D eigenvalue weighted by Crippen LogP contribution is -2.41. The van der Waals surface area contributed by atoms with E-state index in [1.165, 1.54) is 4.90 Å². The molecule has 0 aromatic heterocycles. The number of benzene rings is 2. The largest absolute Gasteiger partial charge is 0.448 e. The Labute approximate surface area is 133 Å². The van der Waals surface area contributed by atoms with Crippen LogP contribution in [0.5, 0.6) is 0 Å². The molecule has 1 aliphatic rings. The third kappa shape index (κ3) is 2.40. The minimum Gasteiger partial charge on any atom is -0.448 e. The molecule has 0 bridgehead atoms. The first-order valence-electron chi connectivity index (χ1n) is 6.88. The van der Waals surface area contributed by atoms with Gasteiger partial charge in [0.1, 0.15) is 12.6 Å². The molecule has 2 aromatic rings. The average molecular weight is 313 g/mol. The van der Waals surface area contributed by atoms with Crippen LogP contribution in [0, 0.1) is 11.3 Å². The van der Waals surface area contributed by atoms with Crippen LogP contribution >= 0.6 is 11.6 Å². The standard InChI is InChI=1S/C17H13ClN2O2/c18-9-10-22-17(21)20-13(11-19)6-7-15-14-4-2-1-3-12(14)5-8-16(15)20/h1-8,13H,9-10H2. The summed E-state index contributed by atoms with van der Waals surface area (Å²) in [7, 11) is 0. The molecule has 3 rings (SSSR count). The number of alkyl halides is 1. The number of amides is 1. The second-order valence-corrected chi connectivity index (χ2v) is 5.20. The van der Waals surface area contributed by atoms with E-state index in [2.05, 4.69) is 6.07 Å². The lowest BCUT2D eigenvalue weighted by atomic mass is 9.97. The molecule has 22 heavy (non-hydrogen) atoms. The maximum Gasteiger partial charge on any atom is 0.415 e. The van der Waals surface area contributed by atoms with Gasteiger partial charge in [-0.1, -0.05) is 36.4 Å². The highest BCUT2D eigenvalue weighted by atomic mass is 35.5. The number of rotatable bonds is 2. The van der Waals surface area contributed by atoms with Crippen LogP contribution in [-0.4, -0.2) is 24.6 Å². The number of anilines is 1. The summed E-state index contributed by atoms with van der Waals surface area (Å²) in [4.78, 5) is 13.7. The summed E-state index contributed by atoms with van der Waals surface area (Å²) in [6, 6.07) is 13.1. The predicted octanol–water partition coefficient (Wildman–Crippen LogP) is 3.94. The molecule has 1 atom stereocenters. The Hall–Kier alpha value is -2.51. The molecule has 1 unspecified atom stereocenters. The third-order valence-corrected chi connectivity index (χ3v) is 3.72. The lowest BCUT2D eigenvalue weighted by Gasteiger charge is -2.29. The van der Waals surface area contributed by atoms with Crippen molar-refractivity contribution in [1.82, 2.24) is 0 Å². The fraction of sp³-hybridized carbons (Fsp3) is 0.176. The number of carbonyl (C=O) groups is 1. The molecule has 4 nitrogen and oxygen atoms in total. The monoisotopic (exact) mass is 312 g/mol. The van der Waals surface area contributed by atoms with E-state index >= 15 is 0 Å². The molecule has 1 amide bonds. The number of halogens is 1. The van der Waals surface area contributed by atoms with Crippen LogP contribution in [0.4, 0.5) is 10.5 Å². The molecule has 0 saturated carbocycles. The van der Waals surface area contributed by atoms with Crippen molar-refractivity contribution in [1.29, 1.82) is 5.26 Å². The predicted molar refractivity (Wildman–Crippen MR) is 86.9 cm³/mol. The van der Waals surface area contributed by atoms with E-state index in [4.69, 9.17) is 16.3 Å². The summed E-state index contributed by atoms with van der Waals surface area (Å²) >= 11 is 5.56. The van der Waals surface area contributed by atoms with Gasteiger partial charge < -0.3 is 4.74 Å². The Morgan fingerprint density at radius 1 is 1.32 bits per heavy atom. The van der Waals surface area contributed by atoms with Gasteiger partial charge in [0.15, 0.2) is 0 Å². The number of hydrogen-bond donors (Lipinski definition) is 0. The van der Waals surface area contributed by atoms with Gasteiger partial charge in [-0.2, -0.15) is 5.26 Å². The normalized spacial score (nSPS) is 16.2. The molecular formula is C17H13ClN2O2. The lowest BCUT2D eigenvalue weighted by molar-refractivity contribution is 0.160. The number of ether oxygens (including phenoxy) is 1. The Bertz CT molecular complexity index is 795. The van der Waals surface area contributed by atoms with Crippen molar-refractivity contribution in [2.75, 3.05) is 17.4 Å². The van der Waals surface area contributed by atoms with Crippen LogP contribution in [0.1, 0.15) is 5.56 Å². The van der Waals surface area contributed by atoms with Gasteiger partial charge in [0.2, 0.25) is 0 Å². The van der Waals surface area contributed by atoms with Crippen LogP contribution in [-0.2, 0) is 4.74 Å². The van der Waals surface area contributed by atoms with Gasteiger partial charge in [-0.15, -0.1) is 11.6 Å². The fourth-order valence-electron chi connectivity index (χ4n) is 2.60. The highest BCUT2D eigenvalue weighted by Gasteiger charge is 2.30. The average Bonchev–Trinajstić information content (AvgIpc) is 2.58. The molecule has 0 radical (unpaired) electrons. The number of nitriles is 1. The van der Waals surface area contributed by atoms with Gasteiger partial charge in [0.25, 0.3) is 0 Å². The molecule has 0 spiro atoms. The molecule has 0 aliphatic carbocycles. The second kappa shape index (κ2) is 6.08.